The topological polar surface area (TPSA) is 121 Å². The van der Waals surface area contributed by atoms with Gasteiger partial charge in [-0.05, 0) is 17.7 Å². The number of anilines is 1. The van der Waals surface area contributed by atoms with Gasteiger partial charge in [0.1, 0.15) is 0 Å². The Labute approximate surface area is 122 Å². The lowest BCUT2D eigenvalue weighted by molar-refractivity contribution is -0.139. The molecule has 0 aromatic heterocycles. The number of nitrogens with zero attached hydrogens (tertiary/aromatic N) is 1. The molecule has 0 unspecified atom stereocenters. The summed E-state index contributed by atoms with van der Waals surface area (Å²) in [6, 6.07) is 6.18. The van der Waals surface area contributed by atoms with Gasteiger partial charge in [-0.3, -0.25) is 9.69 Å². The van der Waals surface area contributed by atoms with E-state index in [0.717, 1.165) is 5.56 Å². The predicted molar refractivity (Wildman–Crippen MR) is 77.3 cm³/mol. The molecule has 21 heavy (non-hydrogen) atoms. The van der Waals surface area contributed by atoms with E-state index in [1.54, 1.807) is 24.3 Å². The van der Waals surface area contributed by atoms with Gasteiger partial charge in [0.15, 0.2) is 9.84 Å². The summed E-state index contributed by atoms with van der Waals surface area (Å²) in [6.45, 7) is -0.0918. The van der Waals surface area contributed by atoms with E-state index in [2.05, 4.69) is 0 Å². The summed E-state index contributed by atoms with van der Waals surface area (Å²) < 4.78 is 23.2. The molecule has 7 nitrogen and oxygen atoms in total. The summed E-state index contributed by atoms with van der Waals surface area (Å²) in [5.41, 5.74) is 6.99. The number of carboxylic acid groups (broad SMARTS) is 1. The number of hydrogen-bond donors (Lipinski definition) is 3. The number of rotatable bonds is 5. The first kappa shape index (κ1) is 15.7. The molecule has 0 spiro atoms. The molecule has 1 aliphatic rings. The molecule has 0 radical (unpaired) electrons. The van der Waals surface area contributed by atoms with Crippen LogP contribution in [0.1, 0.15) is 5.56 Å². The van der Waals surface area contributed by atoms with Crippen molar-refractivity contribution < 1.29 is 23.4 Å². The zero-order chi connectivity index (χ0) is 15.6. The number of nitrogens with two attached hydrogens (primary N) is 1. The maximum Gasteiger partial charge on any atom is 0.317 e. The highest BCUT2D eigenvalue weighted by Crippen LogP contribution is 2.21. The van der Waals surface area contributed by atoms with Crippen molar-refractivity contribution in [3.05, 3.63) is 29.8 Å². The van der Waals surface area contributed by atoms with Crippen molar-refractivity contribution >= 4 is 21.5 Å². The molecule has 0 aliphatic carbocycles. The van der Waals surface area contributed by atoms with Crippen LogP contribution in [-0.4, -0.2) is 59.7 Å². The molecule has 0 saturated carbocycles. The molecule has 8 heteroatoms. The molecule has 2 rings (SSSR count). The largest absolute Gasteiger partial charge is 0.480 e. The fourth-order valence-corrected chi connectivity index (χ4v) is 4.31. The molecule has 0 bridgehead atoms. The van der Waals surface area contributed by atoms with Crippen LogP contribution in [0.25, 0.3) is 0 Å². The Morgan fingerprint density at radius 1 is 1.29 bits per heavy atom. The summed E-state index contributed by atoms with van der Waals surface area (Å²) in [5, 5.41) is 18.9. The van der Waals surface area contributed by atoms with Crippen LogP contribution in [0.15, 0.2) is 24.3 Å². The number of carboxylic acids is 1. The highest BCUT2D eigenvalue weighted by molar-refractivity contribution is 7.91. The summed E-state index contributed by atoms with van der Waals surface area (Å²) in [6.07, 6.45) is -1.07. The van der Waals surface area contributed by atoms with Crippen LogP contribution in [0.5, 0.6) is 0 Å². The summed E-state index contributed by atoms with van der Waals surface area (Å²) in [5.74, 6) is -1.62. The van der Waals surface area contributed by atoms with E-state index in [-0.39, 0.29) is 24.6 Å². The van der Waals surface area contributed by atoms with Gasteiger partial charge in [-0.25, -0.2) is 8.42 Å². The van der Waals surface area contributed by atoms with E-state index in [1.165, 1.54) is 4.90 Å². The van der Waals surface area contributed by atoms with Gasteiger partial charge in [0.2, 0.25) is 0 Å². The third-order valence-electron chi connectivity index (χ3n) is 3.47. The van der Waals surface area contributed by atoms with Gasteiger partial charge in [-0.15, -0.1) is 0 Å². The molecule has 116 valence electrons. The van der Waals surface area contributed by atoms with Crippen molar-refractivity contribution in [2.45, 2.75) is 18.7 Å². The van der Waals surface area contributed by atoms with Crippen molar-refractivity contribution in [2.75, 3.05) is 23.8 Å². The Bertz CT molecular complexity index is 614. The Balaban J connectivity index is 2.18. The number of aliphatic carboxylic acids is 1. The molecule has 1 aromatic rings. The van der Waals surface area contributed by atoms with Gasteiger partial charge in [-0.2, -0.15) is 0 Å². The quantitative estimate of drug-likeness (QED) is 0.615. The predicted octanol–water partition coefficient (Wildman–Crippen LogP) is -0.687. The highest BCUT2D eigenvalue weighted by Gasteiger charge is 2.40. The monoisotopic (exact) mass is 314 g/mol. The van der Waals surface area contributed by atoms with Crippen molar-refractivity contribution in [3.8, 4) is 0 Å². The van der Waals surface area contributed by atoms with E-state index >= 15 is 0 Å². The van der Waals surface area contributed by atoms with Crippen LogP contribution >= 0.6 is 0 Å². The average Bonchev–Trinajstić information content (AvgIpc) is 2.64. The zero-order valence-electron chi connectivity index (χ0n) is 11.3. The molecule has 4 N–H and O–H groups in total. The van der Waals surface area contributed by atoms with Gasteiger partial charge in [0.05, 0.1) is 30.2 Å². The van der Waals surface area contributed by atoms with Gasteiger partial charge in [0, 0.05) is 12.2 Å². The molecule has 1 heterocycles. The van der Waals surface area contributed by atoms with Crippen LogP contribution in [0, 0.1) is 0 Å². The van der Waals surface area contributed by atoms with Crippen LogP contribution in [0.4, 0.5) is 5.69 Å². The van der Waals surface area contributed by atoms with E-state index in [9.17, 15) is 18.3 Å². The van der Waals surface area contributed by atoms with E-state index in [4.69, 9.17) is 10.8 Å². The van der Waals surface area contributed by atoms with Crippen LogP contribution in [0.3, 0.4) is 0 Å². The number of benzene rings is 1. The Morgan fingerprint density at radius 3 is 2.38 bits per heavy atom. The van der Waals surface area contributed by atoms with Gasteiger partial charge in [-0.1, -0.05) is 12.1 Å². The molecular weight excluding hydrogens is 296 g/mol. The van der Waals surface area contributed by atoms with Crippen molar-refractivity contribution in [2.24, 2.45) is 0 Å². The standard InChI is InChI=1S/C13H18N2O5S/c14-10-3-1-9(2-4-10)5-15(6-13(17)18)11-7-21(19,20)8-12(11)16/h1-4,11-12,16H,5-8,14H2,(H,17,18)/t11-,12-/m0/s1. The van der Waals surface area contributed by atoms with Crippen molar-refractivity contribution in [1.29, 1.82) is 0 Å². The summed E-state index contributed by atoms with van der Waals surface area (Å²) in [7, 11) is -3.33. The number of nitrogen functional groups attached to an aromatic ring is 1. The second-order valence-corrected chi connectivity index (χ2v) is 7.41. The Hall–Kier alpha value is -1.64. The number of sulfone groups is 1. The third-order valence-corrected chi connectivity index (χ3v) is 5.17. The molecule has 2 atom stereocenters. The average molecular weight is 314 g/mol. The molecular formula is C13H18N2O5S. The summed E-state index contributed by atoms with van der Waals surface area (Å²) >= 11 is 0. The first-order valence-corrected chi connectivity index (χ1v) is 8.28. The van der Waals surface area contributed by atoms with E-state index in [1.807, 2.05) is 0 Å². The number of aliphatic hydroxyl groups is 1. The molecule has 1 aliphatic heterocycles. The second-order valence-electron chi connectivity index (χ2n) is 5.25. The van der Waals surface area contributed by atoms with Gasteiger partial charge in [0.25, 0.3) is 0 Å². The minimum atomic E-state index is -3.33. The normalized spacial score (nSPS) is 24.3. The first-order chi connectivity index (χ1) is 9.77. The smallest absolute Gasteiger partial charge is 0.317 e. The zero-order valence-corrected chi connectivity index (χ0v) is 12.2. The highest BCUT2D eigenvalue weighted by atomic mass is 32.2. The van der Waals surface area contributed by atoms with Crippen LogP contribution in [-0.2, 0) is 21.2 Å². The molecule has 1 aromatic carbocycles. The number of hydrogen-bond acceptors (Lipinski definition) is 6. The third kappa shape index (κ3) is 4.16. The van der Waals surface area contributed by atoms with Crippen molar-refractivity contribution in [1.82, 2.24) is 4.90 Å². The molecule has 1 saturated heterocycles. The lowest BCUT2D eigenvalue weighted by atomic mass is 10.1. The second kappa shape index (κ2) is 6.00. The van der Waals surface area contributed by atoms with Crippen LogP contribution < -0.4 is 5.73 Å². The van der Waals surface area contributed by atoms with Gasteiger partial charge >= 0.3 is 5.97 Å². The fourth-order valence-electron chi connectivity index (χ4n) is 2.48. The van der Waals surface area contributed by atoms with E-state index in [0.29, 0.717) is 5.69 Å². The van der Waals surface area contributed by atoms with E-state index < -0.39 is 28.0 Å². The Morgan fingerprint density at radius 2 is 1.90 bits per heavy atom. The fraction of sp³-hybridized carbons (Fsp3) is 0.462. The minimum absolute atomic E-state index is 0.226. The molecule has 0 amide bonds. The van der Waals surface area contributed by atoms with Crippen molar-refractivity contribution in [3.63, 3.8) is 0 Å². The van der Waals surface area contributed by atoms with Crippen LogP contribution in [0.2, 0.25) is 0 Å². The lowest BCUT2D eigenvalue weighted by Crippen LogP contribution is -2.45. The minimum Gasteiger partial charge on any atom is -0.480 e. The lowest BCUT2D eigenvalue weighted by Gasteiger charge is -2.28. The Kier molecular flexibility index (Phi) is 4.50. The maximum absolute atomic E-state index is 11.6. The van der Waals surface area contributed by atoms with Gasteiger partial charge < -0.3 is 15.9 Å². The summed E-state index contributed by atoms with van der Waals surface area (Å²) in [4.78, 5) is 12.5. The number of aliphatic hydroxyl groups excluding tert-OH is 1. The SMILES string of the molecule is Nc1ccc(CN(CC(=O)O)[C@H]2CS(=O)(=O)C[C@@H]2O)cc1. The maximum atomic E-state index is 11.6. The first-order valence-electron chi connectivity index (χ1n) is 6.45. The molecule has 1 fully saturated rings. The number of carbonyl (C=O) groups is 1.